The first-order chi connectivity index (χ1) is 12.5. The number of anilines is 3. The molecule has 0 aliphatic heterocycles. The Labute approximate surface area is 148 Å². The average Bonchev–Trinajstić information content (AvgIpc) is 3.18. The van der Waals surface area contributed by atoms with Gasteiger partial charge in [-0.15, -0.1) is 0 Å². The van der Waals surface area contributed by atoms with E-state index in [1.54, 1.807) is 48.0 Å². The molecule has 0 fully saturated rings. The Morgan fingerprint density at radius 1 is 1.04 bits per heavy atom. The molecule has 0 bridgehead atoms. The number of nitrogens with two attached hydrogens (primary N) is 1. The van der Waals surface area contributed by atoms with Crippen molar-refractivity contribution >= 4 is 23.3 Å². The molecule has 0 aliphatic rings. The highest BCUT2D eigenvalue weighted by Gasteiger charge is 2.24. The number of aromatic nitrogens is 6. The second kappa shape index (κ2) is 7.04. The number of nitrogens with zero attached hydrogens (tertiary/aromatic N) is 7. The van der Waals surface area contributed by atoms with E-state index in [1.807, 2.05) is 0 Å². The predicted molar refractivity (Wildman–Crippen MR) is 94.2 cm³/mol. The molecule has 0 spiro atoms. The molecule has 0 aromatic carbocycles. The summed E-state index contributed by atoms with van der Waals surface area (Å²) in [6, 6.07) is 3.59. The molecule has 3 rings (SSSR count). The molecule has 26 heavy (non-hydrogen) atoms. The first kappa shape index (κ1) is 17.1. The highest BCUT2D eigenvalue weighted by Crippen LogP contribution is 2.31. The fraction of sp³-hybridized carbons (Fsp3) is 0.286. The van der Waals surface area contributed by atoms with Crippen molar-refractivity contribution in [2.75, 3.05) is 16.4 Å². The Balaban J connectivity index is 1.86. The van der Waals surface area contributed by atoms with Crippen LogP contribution in [0.1, 0.15) is 11.4 Å². The van der Waals surface area contributed by atoms with Gasteiger partial charge in [-0.25, -0.2) is 0 Å². The van der Waals surface area contributed by atoms with Crippen LogP contribution in [0.4, 0.5) is 23.3 Å². The van der Waals surface area contributed by atoms with E-state index in [0.29, 0.717) is 13.1 Å². The number of nitrogen functional groups attached to an aromatic ring is 1. The molecule has 0 atom stereocenters. The highest BCUT2D eigenvalue weighted by molar-refractivity contribution is 5.71. The lowest BCUT2D eigenvalue weighted by molar-refractivity contribution is -0.383. The van der Waals surface area contributed by atoms with E-state index in [-0.39, 0.29) is 23.3 Å². The fourth-order valence-corrected chi connectivity index (χ4v) is 2.39. The van der Waals surface area contributed by atoms with Crippen LogP contribution in [0.15, 0.2) is 24.5 Å². The molecule has 0 unspecified atom stereocenters. The maximum Gasteiger partial charge on any atom is 0.353 e. The maximum atomic E-state index is 11.6. The predicted octanol–water partition coefficient (Wildman–Crippen LogP) is 0.658. The van der Waals surface area contributed by atoms with Gasteiger partial charge in [0.2, 0.25) is 17.6 Å². The van der Waals surface area contributed by atoms with Gasteiger partial charge in [-0.2, -0.15) is 20.2 Å². The topological polar surface area (TPSA) is 155 Å². The summed E-state index contributed by atoms with van der Waals surface area (Å²) >= 11 is 0. The van der Waals surface area contributed by atoms with Crippen molar-refractivity contribution in [1.82, 2.24) is 29.5 Å². The van der Waals surface area contributed by atoms with Crippen molar-refractivity contribution in [1.29, 1.82) is 0 Å². The lowest BCUT2D eigenvalue weighted by atomic mass is 10.3. The molecular formula is C14H18N10O2. The molecule has 12 nitrogen and oxygen atoms in total. The van der Waals surface area contributed by atoms with Crippen molar-refractivity contribution in [2.45, 2.75) is 13.1 Å². The zero-order chi connectivity index (χ0) is 18.7. The van der Waals surface area contributed by atoms with Crippen LogP contribution < -0.4 is 16.4 Å². The molecule has 136 valence electrons. The largest absolute Gasteiger partial charge is 0.368 e. The van der Waals surface area contributed by atoms with Gasteiger partial charge < -0.3 is 16.4 Å². The Kier molecular flexibility index (Phi) is 4.64. The molecule has 12 heteroatoms. The molecule has 4 N–H and O–H groups in total. The standard InChI is InChI=1S/C14H18N10O2/c1-22-9(3-5-18-22)7-16-12-11(24(25)26)13(21-14(15)20-12)17-8-10-4-6-19-23(10)2/h3-6H,7-8H2,1-2H3,(H4,15,16,17,20,21). The summed E-state index contributed by atoms with van der Waals surface area (Å²) in [5.74, 6) is 0.00280. The van der Waals surface area contributed by atoms with Crippen molar-refractivity contribution in [2.24, 2.45) is 14.1 Å². The van der Waals surface area contributed by atoms with Crippen LogP contribution in [0.25, 0.3) is 0 Å². The summed E-state index contributed by atoms with van der Waals surface area (Å²) in [7, 11) is 3.56. The van der Waals surface area contributed by atoms with Crippen LogP contribution in [0, 0.1) is 10.1 Å². The average molecular weight is 358 g/mol. The highest BCUT2D eigenvalue weighted by atomic mass is 16.6. The molecule has 0 saturated carbocycles. The third kappa shape index (κ3) is 3.53. The molecule has 0 saturated heterocycles. The second-order valence-corrected chi connectivity index (χ2v) is 5.48. The second-order valence-electron chi connectivity index (χ2n) is 5.48. The van der Waals surface area contributed by atoms with Crippen molar-refractivity contribution < 1.29 is 4.92 Å². The van der Waals surface area contributed by atoms with Crippen molar-refractivity contribution in [3.8, 4) is 0 Å². The minimum Gasteiger partial charge on any atom is -0.368 e. The summed E-state index contributed by atoms with van der Waals surface area (Å²) in [5.41, 5.74) is 7.12. The smallest absolute Gasteiger partial charge is 0.353 e. The monoisotopic (exact) mass is 358 g/mol. The molecule has 0 aliphatic carbocycles. The van der Waals surface area contributed by atoms with Crippen LogP contribution in [-0.4, -0.2) is 34.5 Å². The van der Waals surface area contributed by atoms with Crippen LogP contribution >= 0.6 is 0 Å². The first-order valence-electron chi connectivity index (χ1n) is 7.69. The normalized spacial score (nSPS) is 10.7. The van der Waals surface area contributed by atoms with E-state index in [1.165, 1.54) is 0 Å². The summed E-state index contributed by atoms with van der Waals surface area (Å²) in [6.07, 6.45) is 3.28. The summed E-state index contributed by atoms with van der Waals surface area (Å²) in [6.45, 7) is 0.601. The van der Waals surface area contributed by atoms with E-state index in [4.69, 9.17) is 5.73 Å². The van der Waals surface area contributed by atoms with Crippen LogP contribution in [-0.2, 0) is 27.2 Å². The zero-order valence-corrected chi connectivity index (χ0v) is 14.2. The number of hydrogen-bond donors (Lipinski definition) is 3. The molecule has 3 aromatic rings. The molecule has 3 aromatic heterocycles. The maximum absolute atomic E-state index is 11.6. The third-order valence-electron chi connectivity index (χ3n) is 3.80. The van der Waals surface area contributed by atoms with Gasteiger partial charge in [-0.1, -0.05) is 0 Å². The Morgan fingerprint density at radius 2 is 1.50 bits per heavy atom. The van der Waals surface area contributed by atoms with E-state index in [0.717, 1.165) is 11.4 Å². The molecule has 0 amide bonds. The Bertz CT molecular complexity index is 866. The fourth-order valence-electron chi connectivity index (χ4n) is 2.39. The minimum atomic E-state index is -0.545. The van der Waals surface area contributed by atoms with Crippen LogP contribution in [0.5, 0.6) is 0 Å². The number of nitro groups is 1. The van der Waals surface area contributed by atoms with E-state index >= 15 is 0 Å². The van der Waals surface area contributed by atoms with Crippen molar-refractivity contribution in [3.63, 3.8) is 0 Å². The van der Waals surface area contributed by atoms with Gasteiger partial charge in [-0.3, -0.25) is 19.5 Å². The lowest BCUT2D eigenvalue weighted by Gasteiger charge is -2.11. The van der Waals surface area contributed by atoms with Gasteiger partial charge >= 0.3 is 5.69 Å². The SMILES string of the molecule is Cn1nccc1CNc1nc(N)nc(NCc2ccnn2C)c1[N+](=O)[O-]. The van der Waals surface area contributed by atoms with E-state index < -0.39 is 4.92 Å². The van der Waals surface area contributed by atoms with Gasteiger partial charge in [-0.05, 0) is 12.1 Å². The molecule has 0 radical (unpaired) electrons. The summed E-state index contributed by atoms with van der Waals surface area (Å²) < 4.78 is 3.32. The van der Waals surface area contributed by atoms with Gasteiger partial charge in [0.1, 0.15) is 0 Å². The first-order valence-corrected chi connectivity index (χ1v) is 7.69. The number of aryl methyl sites for hydroxylation is 2. The van der Waals surface area contributed by atoms with Crippen LogP contribution in [0.2, 0.25) is 0 Å². The quantitative estimate of drug-likeness (QED) is 0.408. The van der Waals surface area contributed by atoms with E-state index in [2.05, 4.69) is 30.8 Å². The summed E-state index contributed by atoms with van der Waals surface area (Å²) in [5, 5.41) is 25.5. The lowest BCUT2D eigenvalue weighted by Crippen LogP contribution is -2.14. The van der Waals surface area contributed by atoms with Gasteiger partial charge in [0.15, 0.2) is 0 Å². The van der Waals surface area contributed by atoms with Gasteiger partial charge in [0.05, 0.1) is 29.4 Å². The Hall–Kier alpha value is -3.70. The molecular weight excluding hydrogens is 340 g/mol. The van der Waals surface area contributed by atoms with Crippen molar-refractivity contribution in [3.05, 3.63) is 46.0 Å². The van der Waals surface area contributed by atoms with Gasteiger partial charge in [0, 0.05) is 26.5 Å². The minimum absolute atomic E-state index is 0.0382. The number of hydrogen-bond acceptors (Lipinski definition) is 9. The molecule has 3 heterocycles. The Morgan fingerprint density at radius 3 is 1.85 bits per heavy atom. The number of nitrogens with one attached hydrogen (secondary N) is 2. The summed E-state index contributed by atoms with van der Waals surface area (Å²) in [4.78, 5) is 19.0. The van der Waals surface area contributed by atoms with Crippen LogP contribution in [0.3, 0.4) is 0 Å². The third-order valence-corrected chi connectivity index (χ3v) is 3.80. The number of rotatable bonds is 7. The van der Waals surface area contributed by atoms with Gasteiger partial charge in [0.25, 0.3) is 0 Å². The van der Waals surface area contributed by atoms with E-state index in [9.17, 15) is 10.1 Å². The zero-order valence-electron chi connectivity index (χ0n) is 14.2.